The Balaban J connectivity index is 0.000000494. The number of carbonyl (C=O) groups is 2. The average Bonchev–Trinajstić information content (AvgIpc) is 3.31. The largest absolute Gasteiger partial charge is 0.391 e. The van der Waals surface area contributed by atoms with Gasteiger partial charge in [0.05, 0.1) is 56.2 Å². The van der Waals surface area contributed by atoms with Gasteiger partial charge in [-0.25, -0.2) is 8.78 Å². The number of fused-ring (bicyclic) bond motifs is 1. The van der Waals surface area contributed by atoms with Crippen LogP contribution in [0.1, 0.15) is 52.0 Å². The molecule has 2 heterocycles. The second kappa shape index (κ2) is 12.9. The highest BCUT2D eigenvalue weighted by Crippen LogP contribution is 2.27. The quantitative estimate of drug-likeness (QED) is 0.470. The smallest absolute Gasteiger partial charge is 0.253 e. The lowest BCUT2D eigenvalue weighted by Gasteiger charge is -2.28. The van der Waals surface area contributed by atoms with E-state index in [-0.39, 0.29) is 29.1 Å². The highest BCUT2D eigenvalue weighted by Gasteiger charge is 2.27. The predicted molar refractivity (Wildman–Crippen MR) is 138 cm³/mol. The van der Waals surface area contributed by atoms with Crippen molar-refractivity contribution in [3.63, 3.8) is 0 Å². The summed E-state index contributed by atoms with van der Waals surface area (Å²) in [5.41, 5.74) is 1.09. The first kappa shape index (κ1) is 27.7. The maximum Gasteiger partial charge on any atom is 0.253 e. The Bertz CT molecular complexity index is 1260. The summed E-state index contributed by atoms with van der Waals surface area (Å²) in [5, 5.41) is 15.6. The molecule has 1 aromatic heterocycles. The molecule has 0 spiro atoms. The van der Waals surface area contributed by atoms with E-state index in [1.807, 2.05) is 0 Å². The van der Waals surface area contributed by atoms with Gasteiger partial charge < -0.3 is 29.8 Å². The number of aliphatic hydroxyl groups excluding tert-OH is 1. The van der Waals surface area contributed by atoms with Gasteiger partial charge in [-0.1, -0.05) is 25.0 Å². The molecule has 2 amide bonds. The molecule has 1 aliphatic heterocycles. The maximum absolute atomic E-state index is 14.7. The molecule has 0 radical (unpaired) electrons. The fourth-order valence-electron chi connectivity index (χ4n) is 4.72. The van der Waals surface area contributed by atoms with E-state index >= 15 is 0 Å². The van der Waals surface area contributed by atoms with Crippen LogP contribution in [0, 0.1) is 11.6 Å². The Kier molecular flexibility index (Phi) is 9.43. The Morgan fingerprint density at radius 2 is 1.71 bits per heavy atom. The molecule has 3 N–H and O–H groups in total. The van der Waals surface area contributed by atoms with Crippen LogP contribution < -0.4 is 10.6 Å². The summed E-state index contributed by atoms with van der Waals surface area (Å²) in [4.78, 5) is 24.7. The van der Waals surface area contributed by atoms with E-state index in [2.05, 4.69) is 10.6 Å². The molecule has 2 fully saturated rings. The van der Waals surface area contributed by atoms with Crippen molar-refractivity contribution in [2.75, 3.05) is 33.5 Å². The maximum atomic E-state index is 14.7. The number of nitrogens with one attached hydrogen (secondary N) is 2. The summed E-state index contributed by atoms with van der Waals surface area (Å²) in [7, 11) is 1.47. The van der Waals surface area contributed by atoms with Crippen molar-refractivity contribution in [3.05, 3.63) is 70.9 Å². The third kappa shape index (κ3) is 6.56. The molecule has 1 saturated heterocycles. The van der Waals surface area contributed by atoms with E-state index in [0.29, 0.717) is 23.9 Å². The summed E-state index contributed by atoms with van der Waals surface area (Å²) in [6.07, 6.45) is 3.97. The molecule has 5 rings (SSSR count). The second-order valence-corrected chi connectivity index (χ2v) is 9.35. The lowest BCUT2D eigenvalue weighted by molar-refractivity contribution is -0.0334. The number of aromatic nitrogens is 1. The molecular weight excluding hydrogens is 496 g/mol. The molecule has 2 aromatic carbocycles. The summed E-state index contributed by atoms with van der Waals surface area (Å²) >= 11 is 0. The first-order chi connectivity index (χ1) is 18.4. The topological polar surface area (TPSA) is 102 Å². The summed E-state index contributed by atoms with van der Waals surface area (Å²) < 4.78 is 40.9. The van der Waals surface area contributed by atoms with Gasteiger partial charge in [0, 0.05) is 29.8 Å². The number of aliphatic hydroxyl groups is 1. The molecule has 0 unspecified atom stereocenters. The van der Waals surface area contributed by atoms with Gasteiger partial charge >= 0.3 is 0 Å². The zero-order valence-corrected chi connectivity index (χ0v) is 21.3. The normalized spacial score (nSPS) is 19.4. The Morgan fingerprint density at radius 1 is 1.00 bits per heavy atom. The van der Waals surface area contributed by atoms with Gasteiger partial charge in [-0.3, -0.25) is 9.59 Å². The Labute approximate surface area is 219 Å². The SMILES string of the molecule is C1COCCO1.CNC(=O)c1ccc(Cn2cc(C(=O)N[C@H]3CCCC[C@@H]3O)c3c(F)cccc32)c(F)c1. The van der Waals surface area contributed by atoms with Crippen LogP contribution in [0.3, 0.4) is 0 Å². The predicted octanol–water partition coefficient (Wildman–Crippen LogP) is 3.39. The summed E-state index contributed by atoms with van der Waals surface area (Å²) in [6, 6.07) is 8.27. The van der Waals surface area contributed by atoms with E-state index in [4.69, 9.17) is 9.47 Å². The van der Waals surface area contributed by atoms with Crippen LogP contribution in [0.2, 0.25) is 0 Å². The monoisotopic (exact) mass is 529 g/mol. The number of carbonyl (C=O) groups excluding carboxylic acids is 2. The number of halogens is 2. The Hall–Kier alpha value is -3.34. The molecule has 8 nitrogen and oxygen atoms in total. The minimum atomic E-state index is -0.626. The van der Waals surface area contributed by atoms with Crippen molar-refractivity contribution in [2.24, 2.45) is 0 Å². The van der Waals surface area contributed by atoms with Crippen LogP contribution in [-0.4, -0.2) is 67.1 Å². The fraction of sp³-hybridized carbons (Fsp3) is 0.429. The van der Waals surface area contributed by atoms with E-state index < -0.39 is 29.6 Å². The van der Waals surface area contributed by atoms with Crippen molar-refractivity contribution in [1.82, 2.24) is 15.2 Å². The molecule has 2 aliphatic rings. The van der Waals surface area contributed by atoms with E-state index in [1.165, 1.54) is 37.5 Å². The number of rotatable bonds is 5. The van der Waals surface area contributed by atoms with Gasteiger partial charge in [0.15, 0.2) is 0 Å². The lowest BCUT2D eigenvalue weighted by atomic mass is 9.92. The van der Waals surface area contributed by atoms with Gasteiger partial charge in [-0.2, -0.15) is 0 Å². The minimum Gasteiger partial charge on any atom is -0.391 e. The third-order valence-corrected chi connectivity index (χ3v) is 6.77. The van der Waals surface area contributed by atoms with Crippen molar-refractivity contribution in [3.8, 4) is 0 Å². The van der Waals surface area contributed by atoms with Gasteiger partial charge in [0.25, 0.3) is 11.8 Å². The molecule has 1 saturated carbocycles. The molecule has 1 aliphatic carbocycles. The van der Waals surface area contributed by atoms with Crippen LogP contribution in [0.25, 0.3) is 10.9 Å². The van der Waals surface area contributed by atoms with Gasteiger partial charge in [-0.05, 0) is 37.1 Å². The van der Waals surface area contributed by atoms with Crippen molar-refractivity contribution < 1.29 is 33.0 Å². The van der Waals surface area contributed by atoms with Crippen molar-refractivity contribution in [2.45, 2.75) is 44.4 Å². The summed E-state index contributed by atoms with van der Waals surface area (Å²) in [5.74, 6) is -1.99. The minimum absolute atomic E-state index is 0.0547. The first-order valence-electron chi connectivity index (χ1n) is 12.8. The van der Waals surface area contributed by atoms with Crippen LogP contribution in [0.5, 0.6) is 0 Å². The van der Waals surface area contributed by atoms with Crippen LogP contribution in [0.15, 0.2) is 42.6 Å². The van der Waals surface area contributed by atoms with E-state index in [9.17, 15) is 23.5 Å². The second-order valence-electron chi connectivity index (χ2n) is 9.35. The number of hydrogen-bond donors (Lipinski definition) is 3. The number of ether oxygens (including phenoxy) is 2. The molecular formula is C28H33F2N3O5. The summed E-state index contributed by atoms with van der Waals surface area (Å²) in [6.45, 7) is 3.17. The Morgan fingerprint density at radius 3 is 2.34 bits per heavy atom. The van der Waals surface area contributed by atoms with E-state index in [0.717, 1.165) is 45.3 Å². The van der Waals surface area contributed by atoms with Gasteiger partial charge in [0.1, 0.15) is 11.6 Å². The molecule has 0 bridgehead atoms. The molecule has 204 valence electrons. The van der Waals surface area contributed by atoms with Crippen LogP contribution in [-0.2, 0) is 16.0 Å². The van der Waals surface area contributed by atoms with Gasteiger partial charge in [0.2, 0.25) is 0 Å². The lowest BCUT2D eigenvalue weighted by Crippen LogP contribution is -2.45. The molecule has 3 aromatic rings. The number of benzene rings is 2. The average molecular weight is 530 g/mol. The number of nitrogens with zero attached hydrogens (tertiary/aromatic N) is 1. The van der Waals surface area contributed by atoms with Crippen molar-refractivity contribution >= 4 is 22.7 Å². The van der Waals surface area contributed by atoms with Gasteiger partial charge in [-0.15, -0.1) is 0 Å². The zero-order valence-electron chi connectivity index (χ0n) is 21.3. The first-order valence-corrected chi connectivity index (χ1v) is 12.8. The van der Waals surface area contributed by atoms with Crippen LogP contribution >= 0.6 is 0 Å². The van der Waals surface area contributed by atoms with Crippen molar-refractivity contribution in [1.29, 1.82) is 0 Å². The standard InChI is InChI=1S/C24H25F2N3O3.C4H8O2/c1-27-23(31)14-9-10-15(18(26)11-14)12-29-13-16(22-17(25)5-4-7-20(22)29)24(32)28-19-6-2-3-8-21(19)30;1-2-6-4-3-5-1/h4-5,7,9-11,13,19,21,30H,2-3,6,8,12H2,1H3,(H,27,31)(H,28,32);1-4H2/t19-,21-;/m0./s1. The fourth-order valence-corrected chi connectivity index (χ4v) is 4.72. The van der Waals surface area contributed by atoms with Crippen LogP contribution in [0.4, 0.5) is 8.78 Å². The molecule has 10 heteroatoms. The van der Waals surface area contributed by atoms with E-state index in [1.54, 1.807) is 10.6 Å². The highest BCUT2D eigenvalue weighted by molar-refractivity contribution is 6.07. The molecule has 38 heavy (non-hydrogen) atoms. The number of hydrogen-bond acceptors (Lipinski definition) is 5. The highest BCUT2D eigenvalue weighted by atomic mass is 19.1. The number of amides is 2. The zero-order chi connectivity index (χ0) is 27.1. The third-order valence-electron chi connectivity index (χ3n) is 6.77. The molecule has 2 atom stereocenters.